The fourth-order valence-corrected chi connectivity index (χ4v) is 1.93. The Morgan fingerprint density at radius 3 is 2.69 bits per heavy atom. The maximum absolute atomic E-state index is 5.23. The molecular weight excluding hydrogens is 164 g/mol. The highest BCUT2D eigenvalue weighted by Gasteiger charge is 2.20. The summed E-state index contributed by atoms with van der Waals surface area (Å²) in [6.07, 6.45) is 7.32. The molecule has 1 saturated carbocycles. The Labute approximate surface area is 78.5 Å². The van der Waals surface area contributed by atoms with Crippen LogP contribution in [0.1, 0.15) is 56.7 Å². The van der Waals surface area contributed by atoms with E-state index >= 15 is 0 Å². The molecule has 0 amide bonds. The molecule has 0 atom stereocenters. The van der Waals surface area contributed by atoms with Gasteiger partial charge in [0.25, 0.3) is 0 Å². The van der Waals surface area contributed by atoms with Gasteiger partial charge < -0.3 is 4.52 Å². The van der Waals surface area contributed by atoms with Gasteiger partial charge in [0.1, 0.15) is 0 Å². The molecule has 1 aromatic heterocycles. The molecule has 0 radical (unpaired) electrons. The van der Waals surface area contributed by atoms with Gasteiger partial charge in [0, 0.05) is 12.3 Å². The maximum atomic E-state index is 5.23. The zero-order valence-corrected chi connectivity index (χ0v) is 8.12. The summed E-state index contributed by atoms with van der Waals surface area (Å²) in [4.78, 5) is 4.37. The summed E-state index contributed by atoms with van der Waals surface area (Å²) in [7, 11) is 0. The summed E-state index contributed by atoms with van der Waals surface area (Å²) < 4.78 is 5.23. The minimum absolute atomic E-state index is 0.543. The third kappa shape index (κ3) is 1.90. The molecule has 0 unspecified atom stereocenters. The van der Waals surface area contributed by atoms with Gasteiger partial charge in [-0.15, -0.1) is 0 Å². The molecule has 1 aromatic rings. The molecule has 1 aliphatic rings. The number of aryl methyl sites for hydroxylation is 1. The molecule has 2 rings (SSSR count). The van der Waals surface area contributed by atoms with Gasteiger partial charge in [0.15, 0.2) is 5.82 Å². The number of hydrogen-bond donors (Lipinski definition) is 0. The second-order valence-electron chi connectivity index (χ2n) is 3.74. The highest BCUT2D eigenvalue weighted by molar-refractivity contribution is 4.95. The van der Waals surface area contributed by atoms with Crippen molar-refractivity contribution in [3.05, 3.63) is 11.7 Å². The van der Waals surface area contributed by atoms with Crippen molar-refractivity contribution in [3.8, 4) is 0 Å². The van der Waals surface area contributed by atoms with Crippen LogP contribution in [0.15, 0.2) is 4.52 Å². The van der Waals surface area contributed by atoms with Crippen LogP contribution < -0.4 is 0 Å². The molecule has 0 bridgehead atoms. The zero-order chi connectivity index (χ0) is 9.10. The van der Waals surface area contributed by atoms with Crippen LogP contribution in [-0.2, 0) is 6.42 Å². The SMILES string of the molecule is CCc1noc(C2CCCCC2)n1. The molecule has 0 spiro atoms. The molecule has 1 heterocycles. The van der Waals surface area contributed by atoms with E-state index in [1.54, 1.807) is 0 Å². The van der Waals surface area contributed by atoms with Crippen molar-refractivity contribution < 1.29 is 4.52 Å². The zero-order valence-electron chi connectivity index (χ0n) is 8.12. The summed E-state index contributed by atoms with van der Waals surface area (Å²) in [5.41, 5.74) is 0. The number of aromatic nitrogens is 2. The molecule has 3 nitrogen and oxygen atoms in total. The average molecular weight is 180 g/mol. The average Bonchev–Trinajstić information content (AvgIpc) is 2.67. The lowest BCUT2D eigenvalue weighted by Gasteiger charge is -2.17. The van der Waals surface area contributed by atoms with Gasteiger partial charge >= 0.3 is 0 Å². The van der Waals surface area contributed by atoms with Gasteiger partial charge in [-0.25, -0.2) is 0 Å². The Morgan fingerprint density at radius 1 is 1.31 bits per heavy atom. The monoisotopic (exact) mass is 180 g/mol. The molecule has 1 aliphatic carbocycles. The molecular formula is C10H16N2O. The van der Waals surface area contributed by atoms with E-state index in [2.05, 4.69) is 17.1 Å². The summed E-state index contributed by atoms with van der Waals surface area (Å²) in [6.45, 7) is 2.05. The molecule has 3 heteroatoms. The van der Waals surface area contributed by atoms with Crippen molar-refractivity contribution in [2.75, 3.05) is 0 Å². The first-order valence-electron chi connectivity index (χ1n) is 5.22. The second kappa shape index (κ2) is 3.90. The fraction of sp³-hybridized carbons (Fsp3) is 0.800. The smallest absolute Gasteiger partial charge is 0.229 e. The van der Waals surface area contributed by atoms with Gasteiger partial charge in [-0.3, -0.25) is 0 Å². The van der Waals surface area contributed by atoms with Gasteiger partial charge in [-0.1, -0.05) is 31.3 Å². The number of rotatable bonds is 2. The Hall–Kier alpha value is -0.860. The van der Waals surface area contributed by atoms with Crippen LogP contribution >= 0.6 is 0 Å². The van der Waals surface area contributed by atoms with Gasteiger partial charge in [-0.2, -0.15) is 4.98 Å². The van der Waals surface area contributed by atoms with Gasteiger partial charge in [-0.05, 0) is 12.8 Å². The largest absolute Gasteiger partial charge is 0.339 e. The fourth-order valence-electron chi connectivity index (χ4n) is 1.93. The van der Waals surface area contributed by atoms with E-state index in [-0.39, 0.29) is 0 Å². The van der Waals surface area contributed by atoms with Crippen molar-refractivity contribution in [2.45, 2.75) is 51.4 Å². The second-order valence-corrected chi connectivity index (χ2v) is 3.74. The Balaban J connectivity index is 2.05. The molecule has 0 N–H and O–H groups in total. The van der Waals surface area contributed by atoms with Crippen LogP contribution in [0.25, 0.3) is 0 Å². The van der Waals surface area contributed by atoms with E-state index in [4.69, 9.17) is 4.52 Å². The number of nitrogens with zero attached hydrogens (tertiary/aromatic N) is 2. The van der Waals surface area contributed by atoms with E-state index in [0.29, 0.717) is 5.92 Å². The summed E-state index contributed by atoms with van der Waals surface area (Å²) in [5, 5.41) is 3.92. The normalized spacial score (nSPS) is 19.2. The lowest BCUT2D eigenvalue weighted by Crippen LogP contribution is -2.04. The molecule has 13 heavy (non-hydrogen) atoms. The van der Waals surface area contributed by atoms with Crippen molar-refractivity contribution in [3.63, 3.8) is 0 Å². The maximum Gasteiger partial charge on any atom is 0.229 e. The molecule has 0 saturated heterocycles. The minimum atomic E-state index is 0.543. The third-order valence-corrected chi connectivity index (χ3v) is 2.75. The quantitative estimate of drug-likeness (QED) is 0.702. The van der Waals surface area contributed by atoms with Crippen LogP contribution in [-0.4, -0.2) is 10.1 Å². The lowest BCUT2D eigenvalue weighted by molar-refractivity contribution is 0.312. The van der Waals surface area contributed by atoms with Crippen molar-refractivity contribution in [2.24, 2.45) is 0 Å². The third-order valence-electron chi connectivity index (χ3n) is 2.75. The van der Waals surface area contributed by atoms with Gasteiger partial charge in [0.05, 0.1) is 0 Å². The van der Waals surface area contributed by atoms with Crippen LogP contribution in [0.5, 0.6) is 0 Å². The van der Waals surface area contributed by atoms with E-state index in [1.165, 1.54) is 32.1 Å². The summed E-state index contributed by atoms with van der Waals surface area (Å²) >= 11 is 0. The topological polar surface area (TPSA) is 38.9 Å². The highest BCUT2D eigenvalue weighted by atomic mass is 16.5. The predicted molar refractivity (Wildman–Crippen MR) is 49.5 cm³/mol. The standard InChI is InChI=1S/C10H16N2O/c1-2-9-11-10(13-12-9)8-6-4-3-5-7-8/h8H,2-7H2,1H3. The van der Waals surface area contributed by atoms with E-state index in [1.807, 2.05) is 0 Å². The predicted octanol–water partition coefficient (Wildman–Crippen LogP) is 2.68. The molecule has 72 valence electrons. The molecule has 0 aliphatic heterocycles. The van der Waals surface area contributed by atoms with Crippen LogP contribution in [0.4, 0.5) is 0 Å². The summed E-state index contributed by atoms with van der Waals surface area (Å²) in [6, 6.07) is 0. The first-order valence-corrected chi connectivity index (χ1v) is 5.22. The van der Waals surface area contributed by atoms with E-state index in [0.717, 1.165) is 18.1 Å². The van der Waals surface area contributed by atoms with Crippen LogP contribution in [0.2, 0.25) is 0 Å². The lowest BCUT2D eigenvalue weighted by atomic mass is 9.89. The number of hydrogen-bond acceptors (Lipinski definition) is 3. The van der Waals surface area contributed by atoms with Gasteiger partial charge in [0.2, 0.25) is 5.89 Å². The van der Waals surface area contributed by atoms with E-state index < -0.39 is 0 Å². The van der Waals surface area contributed by atoms with Crippen molar-refractivity contribution >= 4 is 0 Å². The highest BCUT2D eigenvalue weighted by Crippen LogP contribution is 2.31. The van der Waals surface area contributed by atoms with Crippen LogP contribution in [0.3, 0.4) is 0 Å². The first-order chi connectivity index (χ1) is 6.40. The molecule has 1 fully saturated rings. The first kappa shape index (κ1) is 8.73. The van der Waals surface area contributed by atoms with Crippen molar-refractivity contribution in [1.82, 2.24) is 10.1 Å². The Kier molecular flexibility index (Phi) is 2.62. The Bertz CT molecular complexity index is 264. The molecule has 0 aromatic carbocycles. The van der Waals surface area contributed by atoms with Crippen LogP contribution in [0, 0.1) is 0 Å². The summed E-state index contributed by atoms with van der Waals surface area (Å²) in [5.74, 6) is 2.26. The van der Waals surface area contributed by atoms with Crippen molar-refractivity contribution in [1.29, 1.82) is 0 Å². The van der Waals surface area contributed by atoms with E-state index in [9.17, 15) is 0 Å². The Morgan fingerprint density at radius 2 is 2.08 bits per heavy atom. The minimum Gasteiger partial charge on any atom is -0.339 e.